The molecule has 0 spiro atoms. The number of hydrogen-bond acceptors (Lipinski definition) is 0. The van der Waals surface area contributed by atoms with Crippen molar-refractivity contribution in [2.24, 2.45) is 0 Å². The van der Waals surface area contributed by atoms with Crippen LogP contribution in [0.15, 0.2) is 0 Å². The van der Waals surface area contributed by atoms with Crippen molar-refractivity contribution in [2.75, 3.05) is 0 Å². The van der Waals surface area contributed by atoms with E-state index in [1.54, 1.807) is 0 Å². The van der Waals surface area contributed by atoms with Crippen LogP contribution in [0, 0.1) is 0 Å². The Bertz CT molecular complexity index is 129. The van der Waals surface area contributed by atoms with E-state index in [9.17, 15) is 0 Å². The van der Waals surface area contributed by atoms with Crippen molar-refractivity contribution in [3.63, 3.8) is 0 Å². The molecule has 100 valence electrons. The second kappa shape index (κ2) is 12.4. The minimum absolute atomic E-state index is 0. The molecule has 0 aliphatic heterocycles. The highest BCUT2D eigenvalue weighted by Gasteiger charge is 2.22. The van der Waals surface area contributed by atoms with Crippen LogP contribution < -0.4 is 0 Å². The Kier molecular flexibility index (Phi) is 14.9. The highest BCUT2D eigenvalue weighted by atomic mass is 79.9. The van der Waals surface area contributed by atoms with E-state index in [2.05, 4.69) is 30.0 Å². The zero-order valence-corrected chi connectivity index (χ0v) is 14.4. The highest BCUT2D eigenvalue weighted by molar-refractivity contribution is 8.93. The predicted octanol–water partition coefficient (Wildman–Crippen LogP) is 6.14. The largest absolute Gasteiger partial charge is 0.131 e. The van der Waals surface area contributed by atoms with Gasteiger partial charge in [-0.2, -0.15) is 0 Å². The van der Waals surface area contributed by atoms with Crippen molar-refractivity contribution in [3.05, 3.63) is 0 Å². The maximum Gasteiger partial charge on any atom is -0.0150 e. The van der Waals surface area contributed by atoms with Crippen molar-refractivity contribution in [2.45, 2.75) is 90.1 Å². The van der Waals surface area contributed by atoms with Gasteiger partial charge in [0.25, 0.3) is 0 Å². The monoisotopic (exact) mass is 310 g/mol. The molecule has 0 heterocycles. The number of halogens is 1. The summed E-state index contributed by atoms with van der Waals surface area (Å²) in [6.45, 7) is 6.90. The topological polar surface area (TPSA) is 0 Å². The van der Waals surface area contributed by atoms with E-state index in [1.807, 2.05) is 0 Å². The van der Waals surface area contributed by atoms with Crippen LogP contribution in [0.25, 0.3) is 0 Å². The summed E-state index contributed by atoms with van der Waals surface area (Å²) in [5.74, 6) is 0. The summed E-state index contributed by atoms with van der Waals surface area (Å²) in [4.78, 5) is 0. The lowest BCUT2D eigenvalue weighted by Gasteiger charge is -2.29. The molecule has 2 heteroatoms. The van der Waals surface area contributed by atoms with E-state index in [0.29, 0.717) is 5.16 Å². The van der Waals surface area contributed by atoms with Crippen molar-refractivity contribution in [1.29, 1.82) is 0 Å². The molecule has 0 rings (SSSR count). The Morgan fingerprint density at radius 1 is 0.688 bits per heavy atom. The Balaban J connectivity index is 0. The first-order valence-corrected chi connectivity index (χ1v) is 7.55. The molecule has 0 aromatic heterocycles. The third-order valence-corrected chi connectivity index (χ3v) is 4.20. The summed E-state index contributed by atoms with van der Waals surface area (Å²) >= 11 is 0. The number of unbranched alkanes of at least 4 members (excludes halogenated alkanes) is 4. The molecule has 1 unspecified atom stereocenters. The number of rotatable bonds is 10. The van der Waals surface area contributed by atoms with Crippen LogP contribution >= 0.6 is 26.2 Å². The molecule has 1 atom stereocenters. The van der Waals surface area contributed by atoms with Crippen molar-refractivity contribution < 1.29 is 0 Å². The molecule has 0 aliphatic carbocycles. The van der Waals surface area contributed by atoms with Crippen molar-refractivity contribution in [3.8, 4) is 0 Å². The molecule has 0 amide bonds. The second-order valence-electron chi connectivity index (χ2n) is 5.03. The van der Waals surface area contributed by atoms with E-state index in [0.717, 1.165) is 0 Å². The van der Waals surface area contributed by atoms with E-state index < -0.39 is 0 Å². The Morgan fingerprint density at radius 2 is 1.06 bits per heavy atom. The first-order chi connectivity index (χ1) is 7.18. The minimum Gasteiger partial charge on any atom is -0.131 e. The molecular weight excluding hydrogens is 279 g/mol. The van der Waals surface area contributed by atoms with Gasteiger partial charge in [0, 0.05) is 0 Å². The van der Waals surface area contributed by atoms with Gasteiger partial charge in [-0.25, -0.2) is 0 Å². The molecule has 0 N–H and O–H groups in total. The summed E-state index contributed by atoms with van der Waals surface area (Å²) in [6, 6.07) is 0. The quantitative estimate of drug-likeness (QED) is 0.336. The van der Waals surface area contributed by atoms with Gasteiger partial charge in [0.15, 0.2) is 0 Å². The Hall–Kier alpha value is 0.910. The van der Waals surface area contributed by atoms with Crippen LogP contribution in [0.3, 0.4) is 0 Å². The smallest absolute Gasteiger partial charge is 0.0150 e. The fraction of sp³-hybridized carbons (Fsp3) is 1.00. The van der Waals surface area contributed by atoms with Crippen LogP contribution in [-0.2, 0) is 0 Å². The van der Waals surface area contributed by atoms with Crippen LogP contribution in [0.4, 0.5) is 0 Å². The van der Waals surface area contributed by atoms with Crippen LogP contribution in [-0.4, -0.2) is 5.16 Å². The number of hydrogen-bond donors (Lipinski definition) is 0. The van der Waals surface area contributed by atoms with Crippen molar-refractivity contribution >= 4 is 26.2 Å². The van der Waals surface area contributed by atoms with Gasteiger partial charge in [0.2, 0.25) is 0 Å². The van der Waals surface area contributed by atoms with E-state index in [-0.39, 0.29) is 17.0 Å². The van der Waals surface area contributed by atoms with Gasteiger partial charge >= 0.3 is 0 Å². The lowest BCUT2D eigenvalue weighted by atomic mass is 9.89. The average Bonchev–Trinajstić information content (AvgIpc) is 2.24. The Labute approximate surface area is 116 Å². The van der Waals surface area contributed by atoms with Crippen LogP contribution in [0.5, 0.6) is 0 Å². The van der Waals surface area contributed by atoms with Crippen LogP contribution in [0.1, 0.15) is 85.0 Å². The van der Waals surface area contributed by atoms with E-state index in [4.69, 9.17) is 0 Å². The van der Waals surface area contributed by atoms with Crippen LogP contribution in [0.2, 0.25) is 0 Å². The highest BCUT2D eigenvalue weighted by Crippen LogP contribution is 2.36. The molecule has 0 aromatic carbocycles. The molecule has 0 radical (unpaired) electrons. The van der Waals surface area contributed by atoms with Gasteiger partial charge in [0.1, 0.15) is 0 Å². The molecular formula is C14H32BrP. The van der Waals surface area contributed by atoms with Gasteiger partial charge < -0.3 is 0 Å². The molecule has 16 heavy (non-hydrogen) atoms. The summed E-state index contributed by atoms with van der Waals surface area (Å²) < 4.78 is 0. The summed E-state index contributed by atoms with van der Waals surface area (Å²) in [6.07, 6.45) is 13.9. The molecule has 0 aliphatic rings. The van der Waals surface area contributed by atoms with Gasteiger partial charge in [-0.1, -0.05) is 65.7 Å². The molecule has 0 aromatic rings. The third kappa shape index (κ3) is 10.1. The molecule has 0 saturated carbocycles. The van der Waals surface area contributed by atoms with Gasteiger partial charge in [-0.15, -0.1) is 26.2 Å². The SMILES string of the molecule is Br.CCCCCC(P)(CCCC)CCCC. The van der Waals surface area contributed by atoms with Gasteiger partial charge in [0.05, 0.1) is 0 Å². The minimum atomic E-state index is 0. The second-order valence-corrected chi connectivity index (χ2v) is 6.25. The lowest BCUT2D eigenvalue weighted by Crippen LogP contribution is -2.20. The van der Waals surface area contributed by atoms with Gasteiger partial charge in [-0.3, -0.25) is 0 Å². The first kappa shape index (κ1) is 19.3. The maximum absolute atomic E-state index is 3.19. The summed E-state index contributed by atoms with van der Waals surface area (Å²) in [5.41, 5.74) is 0. The molecule has 0 nitrogen and oxygen atoms in total. The fourth-order valence-corrected chi connectivity index (χ4v) is 2.77. The average molecular weight is 311 g/mol. The summed E-state index contributed by atoms with van der Waals surface area (Å²) in [5, 5.41) is 0.571. The lowest BCUT2D eigenvalue weighted by molar-refractivity contribution is 0.420. The van der Waals surface area contributed by atoms with E-state index in [1.165, 1.54) is 64.2 Å². The van der Waals surface area contributed by atoms with Gasteiger partial charge in [-0.05, 0) is 24.4 Å². The van der Waals surface area contributed by atoms with Crippen molar-refractivity contribution in [1.82, 2.24) is 0 Å². The predicted molar refractivity (Wildman–Crippen MR) is 86.0 cm³/mol. The first-order valence-electron chi connectivity index (χ1n) is 6.97. The van der Waals surface area contributed by atoms with E-state index >= 15 is 0 Å². The zero-order valence-electron chi connectivity index (χ0n) is 11.6. The standard InChI is InChI=1S/C14H31P.BrH/c1-4-7-10-13-14(15,11-8-5-2)12-9-6-3;/h4-13,15H2,1-3H3;1H. The fourth-order valence-electron chi connectivity index (χ4n) is 2.16. The Morgan fingerprint density at radius 3 is 1.44 bits per heavy atom. The molecule has 0 saturated heterocycles. The summed E-state index contributed by atoms with van der Waals surface area (Å²) in [7, 11) is 3.19. The molecule has 0 fully saturated rings. The molecule has 0 bridgehead atoms. The zero-order chi connectivity index (χ0) is 11.6. The maximum atomic E-state index is 3.19. The normalized spacial score (nSPS) is 11.2. The third-order valence-electron chi connectivity index (χ3n) is 3.33.